The molecule has 1 aromatic heterocycles. The van der Waals surface area contributed by atoms with Gasteiger partial charge in [0.2, 0.25) is 0 Å². The van der Waals surface area contributed by atoms with Crippen LogP contribution in [0.5, 0.6) is 0 Å². The lowest BCUT2D eigenvalue weighted by atomic mass is 10.2. The molecule has 6 heteroatoms. The molecular weight excluding hydrogens is 233 g/mol. The Hall–Kier alpha value is -0.920. The van der Waals surface area contributed by atoms with Crippen molar-refractivity contribution in [2.75, 3.05) is 0 Å². The number of hydrogen-bond acceptors (Lipinski definition) is 2. The van der Waals surface area contributed by atoms with E-state index in [0.29, 0.717) is 0 Å². The fraction of sp³-hybridized carbons (Fsp3) is 0.250. The fourth-order valence-electron chi connectivity index (χ4n) is 0.906. The summed E-state index contributed by atoms with van der Waals surface area (Å²) in [5.74, 6) is -0.0361. The van der Waals surface area contributed by atoms with Crippen LogP contribution in [0.4, 0.5) is 8.78 Å². The minimum absolute atomic E-state index is 0.0361. The molecular formula is C8H4Cl2F2N2. The van der Waals surface area contributed by atoms with Crippen LogP contribution in [0.15, 0.2) is 6.07 Å². The highest BCUT2D eigenvalue weighted by atomic mass is 35.5. The Morgan fingerprint density at radius 2 is 2.21 bits per heavy atom. The van der Waals surface area contributed by atoms with Crippen LogP contribution in [-0.4, -0.2) is 4.98 Å². The van der Waals surface area contributed by atoms with Gasteiger partial charge in [-0.3, -0.25) is 0 Å². The third-order valence-corrected chi connectivity index (χ3v) is 2.19. The lowest BCUT2D eigenvalue weighted by Crippen LogP contribution is -1.97. The Balaban J connectivity index is 3.36. The van der Waals surface area contributed by atoms with E-state index in [4.69, 9.17) is 28.5 Å². The summed E-state index contributed by atoms with van der Waals surface area (Å²) in [5, 5.41) is 8.25. The second kappa shape index (κ2) is 4.54. The summed E-state index contributed by atoms with van der Waals surface area (Å²) in [6.45, 7) is 0. The van der Waals surface area contributed by atoms with Gasteiger partial charge in [0.1, 0.15) is 6.07 Å². The maximum Gasteiger partial charge on any atom is 0.265 e. The molecule has 1 heterocycles. The van der Waals surface area contributed by atoms with E-state index in [1.807, 2.05) is 0 Å². The molecule has 0 amide bonds. The minimum Gasteiger partial charge on any atom is -0.239 e. The first-order chi connectivity index (χ1) is 6.60. The van der Waals surface area contributed by atoms with Gasteiger partial charge in [0.15, 0.2) is 5.69 Å². The molecule has 0 radical (unpaired) electrons. The lowest BCUT2D eigenvalue weighted by molar-refractivity contribution is 0.151. The van der Waals surface area contributed by atoms with E-state index in [1.54, 1.807) is 6.07 Å². The van der Waals surface area contributed by atoms with Crippen molar-refractivity contribution in [2.24, 2.45) is 0 Å². The van der Waals surface area contributed by atoms with Crippen molar-refractivity contribution in [3.8, 4) is 6.07 Å². The molecule has 0 aliphatic rings. The Morgan fingerprint density at radius 3 is 2.64 bits per heavy atom. The van der Waals surface area contributed by atoms with Crippen molar-refractivity contribution < 1.29 is 8.78 Å². The number of pyridine rings is 1. The molecule has 0 unspecified atom stereocenters. The summed E-state index contributed by atoms with van der Waals surface area (Å²) in [6, 6.07) is 2.73. The Morgan fingerprint density at radius 1 is 1.57 bits per heavy atom. The predicted molar refractivity (Wildman–Crippen MR) is 48.5 cm³/mol. The molecule has 0 N–H and O–H groups in total. The van der Waals surface area contributed by atoms with Crippen LogP contribution in [0.1, 0.15) is 23.4 Å². The first-order valence-corrected chi connectivity index (χ1v) is 4.45. The quantitative estimate of drug-likeness (QED) is 0.740. The van der Waals surface area contributed by atoms with Gasteiger partial charge in [-0.15, -0.1) is 11.6 Å². The zero-order valence-electron chi connectivity index (χ0n) is 6.77. The number of nitriles is 1. The van der Waals surface area contributed by atoms with Crippen molar-refractivity contribution >= 4 is 23.2 Å². The molecule has 0 fully saturated rings. The van der Waals surface area contributed by atoms with Gasteiger partial charge >= 0.3 is 0 Å². The topological polar surface area (TPSA) is 36.7 Å². The van der Waals surface area contributed by atoms with Crippen LogP contribution in [0, 0.1) is 11.3 Å². The second-order valence-electron chi connectivity index (χ2n) is 2.41. The summed E-state index contributed by atoms with van der Waals surface area (Å²) in [4.78, 5) is 3.69. The van der Waals surface area contributed by atoms with Crippen LogP contribution >= 0.6 is 23.2 Å². The van der Waals surface area contributed by atoms with Crippen LogP contribution in [-0.2, 0) is 5.88 Å². The van der Waals surface area contributed by atoms with Crippen LogP contribution < -0.4 is 0 Å². The van der Waals surface area contributed by atoms with Gasteiger partial charge in [-0.1, -0.05) is 11.6 Å². The SMILES string of the molecule is N#Cc1nc(CCl)cc(C(F)F)c1Cl. The molecule has 1 aromatic rings. The van der Waals surface area contributed by atoms with Crippen molar-refractivity contribution in [2.45, 2.75) is 12.3 Å². The van der Waals surface area contributed by atoms with Gasteiger partial charge in [-0.05, 0) is 6.07 Å². The molecule has 0 aromatic carbocycles. The number of nitrogens with zero attached hydrogens (tertiary/aromatic N) is 2. The molecule has 0 atom stereocenters. The van der Waals surface area contributed by atoms with Gasteiger partial charge in [-0.2, -0.15) is 5.26 Å². The van der Waals surface area contributed by atoms with E-state index in [-0.39, 0.29) is 22.3 Å². The number of aromatic nitrogens is 1. The van der Waals surface area contributed by atoms with Crippen LogP contribution in [0.3, 0.4) is 0 Å². The predicted octanol–water partition coefficient (Wildman–Crippen LogP) is 3.28. The minimum atomic E-state index is -2.74. The van der Waals surface area contributed by atoms with Crippen molar-refractivity contribution in [1.82, 2.24) is 4.98 Å². The first kappa shape index (κ1) is 11.2. The molecule has 1 rings (SSSR count). The van der Waals surface area contributed by atoms with E-state index in [2.05, 4.69) is 4.98 Å². The summed E-state index contributed by atoms with van der Waals surface area (Å²) in [6.07, 6.45) is -2.74. The monoisotopic (exact) mass is 236 g/mol. The smallest absolute Gasteiger partial charge is 0.239 e. The maximum absolute atomic E-state index is 12.4. The van der Waals surface area contributed by atoms with E-state index in [9.17, 15) is 8.78 Å². The average molecular weight is 237 g/mol. The standard InChI is InChI=1S/C8H4Cl2F2N2/c9-2-4-1-5(8(11)12)7(10)6(3-13)14-4/h1,8H,2H2. The highest BCUT2D eigenvalue weighted by Crippen LogP contribution is 2.29. The number of rotatable bonds is 2. The molecule has 0 bridgehead atoms. The van der Waals surface area contributed by atoms with Crippen LogP contribution in [0.25, 0.3) is 0 Å². The average Bonchev–Trinajstić information content (AvgIpc) is 2.17. The van der Waals surface area contributed by atoms with E-state index < -0.39 is 12.0 Å². The fourth-order valence-corrected chi connectivity index (χ4v) is 1.26. The van der Waals surface area contributed by atoms with Gasteiger partial charge in [0.25, 0.3) is 6.43 Å². The van der Waals surface area contributed by atoms with Gasteiger partial charge in [0.05, 0.1) is 16.6 Å². The van der Waals surface area contributed by atoms with Gasteiger partial charge < -0.3 is 0 Å². The highest BCUT2D eigenvalue weighted by Gasteiger charge is 2.17. The number of hydrogen-bond donors (Lipinski definition) is 0. The normalized spacial score (nSPS) is 10.3. The first-order valence-electron chi connectivity index (χ1n) is 3.53. The van der Waals surface area contributed by atoms with Crippen molar-refractivity contribution in [1.29, 1.82) is 5.26 Å². The largest absolute Gasteiger partial charge is 0.265 e. The van der Waals surface area contributed by atoms with Crippen molar-refractivity contribution in [3.63, 3.8) is 0 Å². The number of alkyl halides is 3. The third kappa shape index (κ3) is 2.11. The number of halogens is 4. The molecule has 0 aliphatic heterocycles. The maximum atomic E-state index is 12.4. The second-order valence-corrected chi connectivity index (χ2v) is 3.06. The highest BCUT2D eigenvalue weighted by molar-refractivity contribution is 6.32. The summed E-state index contributed by atoms with van der Waals surface area (Å²) < 4.78 is 24.8. The Bertz CT molecular complexity index is 388. The van der Waals surface area contributed by atoms with E-state index in [0.717, 1.165) is 6.07 Å². The van der Waals surface area contributed by atoms with Gasteiger partial charge in [-0.25, -0.2) is 13.8 Å². The third-order valence-electron chi connectivity index (χ3n) is 1.52. The van der Waals surface area contributed by atoms with E-state index in [1.165, 1.54) is 0 Å². The molecule has 0 spiro atoms. The summed E-state index contributed by atoms with van der Waals surface area (Å²) in [5.41, 5.74) is -0.420. The molecule has 74 valence electrons. The Labute approximate surface area is 89.1 Å². The summed E-state index contributed by atoms with van der Waals surface area (Å²) >= 11 is 10.9. The molecule has 0 saturated heterocycles. The molecule has 0 aliphatic carbocycles. The zero-order valence-corrected chi connectivity index (χ0v) is 8.28. The molecule has 14 heavy (non-hydrogen) atoms. The molecule has 2 nitrogen and oxygen atoms in total. The van der Waals surface area contributed by atoms with Crippen molar-refractivity contribution in [3.05, 3.63) is 28.0 Å². The molecule has 0 saturated carbocycles. The summed E-state index contributed by atoms with van der Waals surface area (Å²) in [7, 11) is 0. The van der Waals surface area contributed by atoms with E-state index >= 15 is 0 Å². The Kier molecular flexibility index (Phi) is 3.62. The lowest BCUT2D eigenvalue weighted by Gasteiger charge is -2.05. The zero-order chi connectivity index (χ0) is 10.7. The van der Waals surface area contributed by atoms with Gasteiger partial charge in [0, 0.05) is 5.56 Å². The van der Waals surface area contributed by atoms with Crippen LogP contribution in [0.2, 0.25) is 5.02 Å².